The molecule has 2 aromatic carbocycles. The summed E-state index contributed by atoms with van der Waals surface area (Å²) in [6.45, 7) is 9.99. The molecular weight excluding hydrogens is 552 g/mol. The van der Waals surface area contributed by atoms with E-state index >= 15 is 0 Å². The predicted molar refractivity (Wildman–Crippen MR) is 184 cm³/mol. The third kappa shape index (κ3) is 5.36. The second-order valence-corrected chi connectivity index (χ2v) is 18.0. The second kappa shape index (κ2) is 10.7. The molecule has 0 radical (unpaired) electrons. The van der Waals surface area contributed by atoms with Crippen molar-refractivity contribution in [3.05, 3.63) is 57.6 Å². The van der Waals surface area contributed by atoms with Gasteiger partial charge in [0.15, 0.2) is 0 Å². The van der Waals surface area contributed by atoms with E-state index in [9.17, 15) is 10.2 Å². The number of phenols is 2. The number of aryl methyl sites for hydroxylation is 2. The highest BCUT2D eigenvalue weighted by Gasteiger charge is 2.53. The van der Waals surface area contributed by atoms with E-state index < -0.39 is 0 Å². The van der Waals surface area contributed by atoms with Crippen LogP contribution in [0.25, 0.3) is 0 Å². The van der Waals surface area contributed by atoms with E-state index in [1.54, 1.807) is 0 Å². The van der Waals surface area contributed by atoms with Gasteiger partial charge in [0.1, 0.15) is 11.5 Å². The van der Waals surface area contributed by atoms with Crippen molar-refractivity contribution in [1.82, 2.24) is 0 Å². The largest absolute Gasteiger partial charge is 0.507 e. The summed E-state index contributed by atoms with van der Waals surface area (Å²) < 4.78 is 0. The van der Waals surface area contributed by atoms with Crippen molar-refractivity contribution in [2.24, 2.45) is 50.9 Å². The van der Waals surface area contributed by atoms with Crippen molar-refractivity contribution in [2.75, 3.05) is 13.1 Å². The summed E-state index contributed by atoms with van der Waals surface area (Å²) in [5.41, 5.74) is 6.73. The fourth-order valence-electron chi connectivity index (χ4n) is 12.3. The molecule has 8 fully saturated rings. The van der Waals surface area contributed by atoms with Crippen LogP contribution in [0.3, 0.4) is 0 Å². The molecule has 0 aromatic heterocycles. The normalized spacial score (nSPS) is 36.6. The topological polar surface area (TPSA) is 65.2 Å². The summed E-state index contributed by atoms with van der Waals surface area (Å²) in [5.74, 6) is 6.01. The Morgan fingerprint density at radius 2 is 0.911 bits per heavy atom. The number of hydrogen-bond acceptors (Lipinski definition) is 4. The van der Waals surface area contributed by atoms with E-state index in [0.29, 0.717) is 24.6 Å². The number of rotatable bonds is 8. The fraction of sp³-hybridized carbons (Fsp3) is 0.659. The molecular formula is C41H54N2O2. The molecule has 8 aliphatic carbocycles. The first-order valence-electron chi connectivity index (χ1n) is 18.2. The van der Waals surface area contributed by atoms with Gasteiger partial charge < -0.3 is 10.2 Å². The molecule has 8 aliphatic rings. The lowest BCUT2D eigenvalue weighted by molar-refractivity contribution is -0.00631. The first kappa shape index (κ1) is 29.8. The molecule has 0 aliphatic heterocycles. The Balaban J connectivity index is 0.962. The molecule has 0 spiro atoms. The SMILES string of the molecule is Cc1cc(C=NCC(C)(C)CN=Cc2cc(C)cc(C34CC5CC(CC(C5)C3)C4)c2O)c(O)c(C23CC4CC(CC(C4)C2)C3)c1. The van der Waals surface area contributed by atoms with Gasteiger partial charge in [-0.1, -0.05) is 26.0 Å². The monoisotopic (exact) mass is 606 g/mol. The van der Waals surface area contributed by atoms with Crippen LogP contribution in [0.2, 0.25) is 0 Å². The van der Waals surface area contributed by atoms with E-state index in [4.69, 9.17) is 9.98 Å². The second-order valence-electron chi connectivity index (χ2n) is 18.0. The zero-order valence-electron chi connectivity index (χ0n) is 28.1. The van der Waals surface area contributed by atoms with Crippen molar-refractivity contribution in [3.63, 3.8) is 0 Å². The quantitative estimate of drug-likeness (QED) is 0.294. The minimum Gasteiger partial charge on any atom is -0.507 e. The van der Waals surface area contributed by atoms with Crippen LogP contribution in [-0.4, -0.2) is 35.7 Å². The maximum Gasteiger partial charge on any atom is 0.128 e. The molecule has 10 rings (SSSR count). The van der Waals surface area contributed by atoms with Gasteiger partial charge in [-0.2, -0.15) is 0 Å². The lowest BCUT2D eigenvalue weighted by Gasteiger charge is -2.57. The third-order valence-electron chi connectivity index (χ3n) is 13.3. The highest BCUT2D eigenvalue weighted by Crippen LogP contribution is 2.63. The van der Waals surface area contributed by atoms with E-state index in [-0.39, 0.29) is 16.2 Å². The average Bonchev–Trinajstić information content (AvgIpc) is 2.94. The summed E-state index contributed by atoms with van der Waals surface area (Å²) in [7, 11) is 0. The molecule has 4 nitrogen and oxygen atoms in total. The van der Waals surface area contributed by atoms with Gasteiger partial charge in [0.05, 0.1) is 0 Å². The molecule has 2 N–H and O–H groups in total. The van der Waals surface area contributed by atoms with Crippen LogP contribution in [-0.2, 0) is 10.8 Å². The van der Waals surface area contributed by atoms with E-state index in [1.165, 1.54) is 99.3 Å². The highest BCUT2D eigenvalue weighted by atomic mass is 16.3. The number of phenolic OH excluding ortho intramolecular Hbond substituents is 2. The highest BCUT2D eigenvalue weighted by molar-refractivity contribution is 5.85. The number of aromatic hydroxyl groups is 2. The minimum absolute atomic E-state index is 0.141. The van der Waals surface area contributed by atoms with Gasteiger partial charge in [0.25, 0.3) is 0 Å². The predicted octanol–water partition coefficient (Wildman–Crippen LogP) is 9.21. The van der Waals surface area contributed by atoms with Gasteiger partial charge in [0.2, 0.25) is 0 Å². The number of benzene rings is 2. The first-order chi connectivity index (χ1) is 21.5. The van der Waals surface area contributed by atoms with E-state index in [0.717, 1.165) is 46.6 Å². The van der Waals surface area contributed by atoms with Crippen LogP contribution in [0.1, 0.15) is 124 Å². The molecule has 0 amide bonds. The van der Waals surface area contributed by atoms with Gasteiger partial charge in [-0.25, -0.2) is 0 Å². The van der Waals surface area contributed by atoms with Gasteiger partial charge in [-0.05, 0) is 160 Å². The van der Waals surface area contributed by atoms with Crippen molar-refractivity contribution in [1.29, 1.82) is 0 Å². The average molecular weight is 607 g/mol. The van der Waals surface area contributed by atoms with Crippen LogP contribution in [0.4, 0.5) is 0 Å². The van der Waals surface area contributed by atoms with Crippen molar-refractivity contribution < 1.29 is 10.2 Å². The number of nitrogens with zero attached hydrogens (tertiary/aromatic N) is 2. The molecule has 240 valence electrons. The number of hydrogen-bond donors (Lipinski definition) is 2. The molecule has 0 heterocycles. The summed E-state index contributed by atoms with van der Waals surface area (Å²) in [4.78, 5) is 9.74. The molecule has 8 bridgehead atoms. The molecule has 0 atom stereocenters. The molecule has 45 heavy (non-hydrogen) atoms. The van der Waals surface area contributed by atoms with Crippen LogP contribution in [0.5, 0.6) is 11.5 Å². The fourth-order valence-corrected chi connectivity index (χ4v) is 12.3. The molecule has 8 saturated carbocycles. The van der Waals surface area contributed by atoms with Gasteiger partial charge >= 0.3 is 0 Å². The lowest BCUT2D eigenvalue weighted by atomic mass is 9.48. The zero-order valence-corrected chi connectivity index (χ0v) is 28.1. The summed E-state index contributed by atoms with van der Waals surface area (Å²) >= 11 is 0. The van der Waals surface area contributed by atoms with E-state index in [2.05, 4.69) is 52.0 Å². The van der Waals surface area contributed by atoms with Gasteiger partial charge in [-0.15, -0.1) is 0 Å². The first-order valence-corrected chi connectivity index (χ1v) is 18.2. The smallest absolute Gasteiger partial charge is 0.128 e. The van der Waals surface area contributed by atoms with Crippen molar-refractivity contribution in [2.45, 2.75) is 116 Å². The molecule has 0 saturated heterocycles. The molecule has 2 aromatic rings. The Morgan fingerprint density at radius 3 is 1.22 bits per heavy atom. The summed E-state index contributed by atoms with van der Waals surface area (Å²) in [5, 5.41) is 23.1. The third-order valence-corrected chi connectivity index (χ3v) is 13.3. The maximum atomic E-state index is 11.6. The summed E-state index contributed by atoms with van der Waals surface area (Å²) in [6.07, 6.45) is 19.7. The van der Waals surface area contributed by atoms with Crippen molar-refractivity contribution in [3.8, 4) is 11.5 Å². The standard InChI is InChI=1S/C41H54N2O2/c1-25-5-33(37(44)35(7-25)40-15-27-9-28(16-40)11-29(10-27)17-40)21-42-23-39(3,4)24-43-22-34-6-26(2)8-36(38(34)45)41-18-30-12-31(19-41)14-32(13-30)20-41/h5-8,21-22,27-32,44-45H,9-20,23-24H2,1-4H3. The lowest BCUT2D eigenvalue weighted by Crippen LogP contribution is -2.48. The molecule has 0 unspecified atom stereocenters. The minimum atomic E-state index is -0.141. The Morgan fingerprint density at radius 1 is 0.600 bits per heavy atom. The number of aliphatic imine (C=N–C) groups is 2. The van der Waals surface area contributed by atoms with Gasteiger partial charge in [0, 0.05) is 53.2 Å². The maximum absolute atomic E-state index is 11.6. The van der Waals surface area contributed by atoms with Crippen LogP contribution >= 0.6 is 0 Å². The van der Waals surface area contributed by atoms with Crippen LogP contribution in [0.15, 0.2) is 34.3 Å². The molecule has 4 heteroatoms. The van der Waals surface area contributed by atoms with E-state index in [1.807, 2.05) is 12.4 Å². The van der Waals surface area contributed by atoms with Gasteiger partial charge in [-0.3, -0.25) is 9.98 Å². The zero-order chi connectivity index (χ0) is 31.1. The van der Waals surface area contributed by atoms with Crippen molar-refractivity contribution >= 4 is 12.4 Å². The van der Waals surface area contributed by atoms with Crippen LogP contribution in [0, 0.1) is 54.8 Å². The van der Waals surface area contributed by atoms with Crippen LogP contribution < -0.4 is 0 Å². The Labute approximate surface area is 270 Å². The Bertz CT molecular complexity index is 1360. The summed E-state index contributed by atoms with van der Waals surface area (Å²) in [6, 6.07) is 8.73. The Kier molecular flexibility index (Phi) is 7.08. The Hall–Kier alpha value is -2.62.